The number of hydrogen-bond acceptors (Lipinski definition) is 3. The van der Waals surface area contributed by atoms with Crippen LogP contribution < -0.4 is 10.1 Å². The van der Waals surface area contributed by atoms with Gasteiger partial charge in [-0.25, -0.2) is 0 Å². The third-order valence-electron chi connectivity index (χ3n) is 3.33. The predicted octanol–water partition coefficient (Wildman–Crippen LogP) is 5.76. The maximum Gasteiger partial charge on any atom is 0.156 e. The second kappa shape index (κ2) is 6.51. The van der Waals surface area contributed by atoms with Crippen LogP contribution in [0.3, 0.4) is 0 Å². The molecule has 0 aromatic heterocycles. The van der Waals surface area contributed by atoms with E-state index in [-0.39, 0.29) is 6.04 Å². The number of fused-ring (bicyclic) bond motifs is 1. The average Bonchev–Trinajstić information content (AvgIpc) is 2.86. The summed E-state index contributed by atoms with van der Waals surface area (Å²) in [6, 6.07) is 12.5. The van der Waals surface area contributed by atoms with Gasteiger partial charge in [-0.3, -0.25) is 0 Å². The van der Waals surface area contributed by atoms with Crippen LogP contribution >= 0.6 is 39.3 Å². The number of benzene rings is 2. The van der Waals surface area contributed by atoms with Crippen molar-refractivity contribution in [3.05, 3.63) is 51.5 Å². The molecule has 3 rings (SSSR count). The molecule has 0 radical (unpaired) electrons. The fourth-order valence-corrected chi connectivity index (χ4v) is 4.51. The largest absolute Gasteiger partial charge is 0.491 e. The van der Waals surface area contributed by atoms with E-state index in [4.69, 9.17) is 16.3 Å². The van der Waals surface area contributed by atoms with E-state index in [9.17, 15) is 0 Å². The van der Waals surface area contributed by atoms with E-state index in [0.717, 1.165) is 21.7 Å². The maximum atomic E-state index is 6.18. The molecule has 2 aromatic carbocycles. The van der Waals surface area contributed by atoms with Gasteiger partial charge < -0.3 is 10.1 Å². The van der Waals surface area contributed by atoms with Crippen LogP contribution in [0.15, 0.2) is 45.8 Å². The highest BCUT2D eigenvalue weighted by atomic mass is 79.9. The summed E-state index contributed by atoms with van der Waals surface area (Å²) < 4.78 is 6.62. The molecular weight excluding hydrogens is 370 g/mol. The molecule has 21 heavy (non-hydrogen) atoms. The summed E-state index contributed by atoms with van der Waals surface area (Å²) in [5.41, 5.74) is 2.26. The monoisotopic (exact) mass is 383 g/mol. The van der Waals surface area contributed by atoms with E-state index in [1.165, 1.54) is 10.5 Å². The Hall–Kier alpha value is -0.840. The number of thioether (sulfide) groups is 1. The first-order chi connectivity index (χ1) is 10.2. The van der Waals surface area contributed by atoms with Gasteiger partial charge in [0.05, 0.1) is 22.8 Å². The van der Waals surface area contributed by atoms with Crippen LogP contribution in [-0.2, 0) is 0 Å². The Kier molecular flexibility index (Phi) is 4.67. The minimum absolute atomic E-state index is 0.274. The Bertz CT molecular complexity index is 665. The predicted molar refractivity (Wildman–Crippen MR) is 93.9 cm³/mol. The molecule has 1 aliphatic heterocycles. The van der Waals surface area contributed by atoms with Gasteiger partial charge in [-0.15, -0.1) is 11.8 Å². The third kappa shape index (κ3) is 3.17. The Labute approximate surface area is 142 Å². The quantitative estimate of drug-likeness (QED) is 0.724. The van der Waals surface area contributed by atoms with Gasteiger partial charge >= 0.3 is 0 Å². The van der Waals surface area contributed by atoms with Crippen molar-refractivity contribution in [3.8, 4) is 5.75 Å². The molecule has 0 spiro atoms. The molecule has 0 bridgehead atoms. The van der Waals surface area contributed by atoms with E-state index < -0.39 is 0 Å². The van der Waals surface area contributed by atoms with Crippen LogP contribution in [0.4, 0.5) is 5.69 Å². The first kappa shape index (κ1) is 15.1. The molecule has 1 N–H and O–H groups in total. The van der Waals surface area contributed by atoms with E-state index in [2.05, 4.69) is 45.5 Å². The molecule has 0 saturated carbocycles. The molecule has 0 fully saturated rings. The Morgan fingerprint density at radius 3 is 3.00 bits per heavy atom. The summed E-state index contributed by atoms with van der Waals surface area (Å²) in [4.78, 5) is 1.34. The molecule has 5 heteroatoms. The van der Waals surface area contributed by atoms with Gasteiger partial charge in [-0.2, -0.15) is 0 Å². The molecule has 0 amide bonds. The lowest BCUT2D eigenvalue weighted by atomic mass is 10.1. The van der Waals surface area contributed by atoms with Gasteiger partial charge in [0, 0.05) is 15.7 Å². The van der Waals surface area contributed by atoms with E-state index in [0.29, 0.717) is 11.6 Å². The van der Waals surface area contributed by atoms with Crippen molar-refractivity contribution in [2.24, 2.45) is 0 Å². The lowest BCUT2D eigenvalue weighted by Gasteiger charge is -2.19. The van der Waals surface area contributed by atoms with Gasteiger partial charge in [-0.1, -0.05) is 29.8 Å². The Morgan fingerprint density at radius 1 is 1.38 bits per heavy atom. The minimum Gasteiger partial charge on any atom is -0.491 e. The van der Waals surface area contributed by atoms with Gasteiger partial charge in [0.2, 0.25) is 0 Å². The zero-order chi connectivity index (χ0) is 14.8. The standard InChI is InChI=1S/C16H15BrClNOS/c1-2-20-16-12(17)7-10(18)8-13(16)19-14-9-21-15-6-4-3-5-11(14)15/h3-8,14,19H,2,9H2,1H3. The first-order valence-corrected chi connectivity index (χ1v) is 8.94. The second-order valence-electron chi connectivity index (χ2n) is 4.74. The fraction of sp³-hybridized carbons (Fsp3) is 0.250. The molecule has 1 aliphatic rings. The number of halogens is 2. The molecule has 2 aromatic rings. The average molecular weight is 385 g/mol. The highest BCUT2D eigenvalue weighted by molar-refractivity contribution is 9.10. The van der Waals surface area contributed by atoms with Crippen molar-refractivity contribution in [1.82, 2.24) is 0 Å². The lowest BCUT2D eigenvalue weighted by molar-refractivity contribution is 0.339. The third-order valence-corrected chi connectivity index (χ3v) is 5.32. The van der Waals surface area contributed by atoms with Crippen molar-refractivity contribution in [3.63, 3.8) is 0 Å². The van der Waals surface area contributed by atoms with Crippen molar-refractivity contribution in [2.75, 3.05) is 17.7 Å². The van der Waals surface area contributed by atoms with E-state index >= 15 is 0 Å². The molecule has 1 atom stereocenters. The van der Waals surface area contributed by atoms with Crippen molar-refractivity contribution in [2.45, 2.75) is 17.9 Å². The van der Waals surface area contributed by atoms with Crippen LogP contribution in [-0.4, -0.2) is 12.4 Å². The number of rotatable bonds is 4. The minimum atomic E-state index is 0.274. The molecule has 1 heterocycles. The maximum absolute atomic E-state index is 6.18. The van der Waals surface area contributed by atoms with Crippen LogP contribution in [0.2, 0.25) is 5.02 Å². The summed E-state index contributed by atoms with van der Waals surface area (Å²) in [6.45, 7) is 2.59. The number of nitrogens with one attached hydrogen (secondary N) is 1. The Morgan fingerprint density at radius 2 is 2.19 bits per heavy atom. The molecule has 1 unspecified atom stereocenters. The van der Waals surface area contributed by atoms with Gasteiger partial charge in [0.1, 0.15) is 0 Å². The lowest BCUT2D eigenvalue weighted by Crippen LogP contribution is -2.11. The Balaban J connectivity index is 1.92. The van der Waals surface area contributed by atoms with E-state index in [1.807, 2.05) is 30.8 Å². The number of ether oxygens (including phenoxy) is 1. The van der Waals surface area contributed by atoms with Crippen LogP contribution in [0.1, 0.15) is 18.5 Å². The van der Waals surface area contributed by atoms with Gasteiger partial charge in [0.15, 0.2) is 5.75 Å². The smallest absolute Gasteiger partial charge is 0.156 e. The van der Waals surface area contributed by atoms with Crippen molar-refractivity contribution < 1.29 is 4.74 Å². The van der Waals surface area contributed by atoms with Gasteiger partial charge in [0.25, 0.3) is 0 Å². The second-order valence-corrected chi connectivity index (χ2v) is 7.10. The van der Waals surface area contributed by atoms with Gasteiger partial charge in [-0.05, 0) is 46.6 Å². The topological polar surface area (TPSA) is 21.3 Å². The highest BCUT2D eigenvalue weighted by Gasteiger charge is 2.24. The summed E-state index contributed by atoms with van der Waals surface area (Å²) in [5.74, 6) is 1.82. The van der Waals surface area contributed by atoms with Crippen molar-refractivity contribution >= 4 is 45.0 Å². The highest BCUT2D eigenvalue weighted by Crippen LogP contribution is 2.43. The summed E-state index contributed by atoms with van der Waals surface area (Å²) in [7, 11) is 0. The normalized spacial score (nSPS) is 16.6. The first-order valence-electron chi connectivity index (χ1n) is 6.79. The van der Waals surface area contributed by atoms with Crippen LogP contribution in [0.25, 0.3) is 0 Å². The molecule has 0 saturated heterocycles. The summed E-state index contributed by atoms with van der Waals surface area (Å²) >= 11 is 11.6. The molecule has 0 aliphatic carbocycles. The fourth-order valence-electron chi connectivity index (χ4n) is 2.43. The molecular formula is C16H15BrClNOS. The van der Waals surface area contributed by atoms with Crippen molar-refractivity contribution in [1.29, 1.82) is 0 Å². The summed E-state index contributed by atoms with van der Waals surface area (Å²) in [6.07, 6.45) is 0. The summed E-state index contributed by atoms with van der Waals surface area (Å²) in [5, 5.41) is 4.26. The molecule has 110 valence electrons. The SMILES string of the molecule is CCOc1c(Br)cc(Cl)cc1NC1CSc2ccccc21. The van der Waals surface area contributed by atoms with E-state index in [1.54, 1.807) is 0 Å². The zero-order valence-corrected chi connectivity index (χ0v) is 14.7. The van der Waals surface area contributed by atoms with Crippen LogP contribution in [0, 0.1) is 0 Å². The number of hydrogen-bond donors (Lipinski definition) is 1. The number of anilines is 1. The molecule has 2 nitrogen and oxygen atoms in total. The zero-order valence-electron chi connectivity index (χ0n) is 11.5. The van der Waals surface area contributed by atoms with Crippen LogP contribution in [0.5, 0.6) is 5.75 Å².